The van der Waals surface area contributed by atoms with Crippen molar-refractivity contribution in [2.24, 2.45) is 5.41 Å². The molecule has 2 heteroatoms. The van der Waals surface area contributed by atoms with Gasteiger partial charge in [0.15, 0.2) is 0 Å². The van der Waals surface area contributed by atoms with Crippen LogP contribution in [0, 0.1) is 5.41 Å². The second-order valence-corrected chi connectivity index (χ2v) is 7.49. The van der Waals surface area contributed by atoms with Gasteiger partial charge in [0, 0.05) is 4.47 Å². The largest absolute Gasteiger partial charge is 0.393 e. The van der Waals surface area contributed by atoms with Gasteiger partial charge in [0.05, 0.1) is 6.10 Å². The van der Waals surface area contributed by atoms with E-state index < -0.39 is 0 Å². The Balaban J connectivity index is 2.28. The van der Waals surface area contributed by atoms with Gasteiger partial charge in [-0.25, -0.2) is 0 Å². The molecule has 0 unspecified atom stereocenters. The highest BCUT2D eigenvalue weighted by Gasteiger charge is 2.46. The third kappa shape index (κ3) is 2.00. The third-order valence-electron chi connectivity index (χ3n) is 5.45. The predicted molar refractivity (Wildman–Crippen MR) is 88.1 cm³/mol. The first-order chi connectivity index (χ1) is 9.50. The van der Waals surface area contributed by atoms with E-state index >= 15 is 0 Å². The van der Waals surface area contributed by atoms with Gasteiger partial charge in [-0.1, -0.05) is 35.0 Å². The van der Waals surface area contributed by atoms with E-state index in [0.717, 1.165) is 19.3 Å². The zero-order valence-corrected chi connectivity index (χ0v) is 14.1. The van der Waals surface area contributed by atoms with E-state index in [9.17, 15) is 5.11 Å². The summed E-state index contributed by atoms with van der Waals surface area (Å²) in [6.07, 6.45) is 8.54. The maximum absolute atomic E-state index is 10.1. The molecule has 0 saturated heterocycles. The monoisotopic (exact) mass is 334 g/mol. The average Bonchev–Trinajstić information content (AvgIpc) is 2.72. The van der Waals surface area contributed by atoms with E-state index in [1.165, 1.54) is 32.5 Å². The van der Waals surface area contributed by atoms with Crippen molar-refractivity contribution in [1.82, 2.24) is 0 Å². The average molecular weight is 335 g/mol. The highest BCUT2D eigenvalue weighted by molar-refractivity contribution is 9.10. The van der Waals surface area contributed by atoms with Crippen LogP contribution in [0.25, 0.3) is 12.2 Å². The van der Waals surface area contributed by atoms with E-state index in [0.29, 0.717) is 5.92 Å². The Morgan fingerprint density at radius 3 is 2.65 bits per heavy atom. The molecule has 0 spiro atoms. The summed E-state index contributed by atoms with van der Waals surface area (Å²) >= 11 is 3.74. The molecule has 0 aliphatic heterocycles. The van der Waals surface area contributed by atoms with E-state index in [-0.39, 0.29) is 11.5 Å². The molecule has 0 radical (unpaired) electrons. The van der Waals surface area contributed by atoms with Crippen LogP contribution in [0.15, 0.2) is 10.5 Å². The molecule has 1 saturated carbocycles. The zero-order valence-electron chi connectivity index (χ0n) is 12.5. The molecular weight excluding hydrogens is 312 g/mol. The van der Waals surface area contributed by atoms with Crippen molar-refractivity contribution in [2.45, 2.75) is 58.5 Å². The number of fused-ring (bicyclic) bond motifs is 3. The quantitative estimate of drug-likeness (QED) is 0.772. The molecule has 108 valence electrons. The normalized spacial score (nSPS) is 34.2. The SMILES string of the molecule is C/C=c1/c2c(cc(Br)/c1=C/C)[C@H]1C[C@H](O)C[C@]1(C)CC2. The molecule has 2 aliphatic carbocycles. The number of halogens is 1. The number of hydrogen-bond donors (Lipinski definition) is 1. The highest BCUT2D eigenvalue weighted by atomic mass is 79.9. The first-order valence-electron chi connectivity index (χ1n) is 7.62. The van der Waals surface area contributed by atoms with Crippen LogP contribution in [0.4, 0.5) is 0 Å². The molecule has 1 fully saturated rings. The molecule has 3 atom stereocenters. The summed E-state index contributed by atoms with van der Waals surface area (Å²) in [7, 11) is 0. The smallest absolute Gasteiger partial charge is 0.0551 e. The predicted octanol–water partition coefficient (Wildman–Crippen LogP) is 3.24. The van der Waals surface area contributed by atoms with E-state index in [1.807, 2.05) is 0 Å². The summed E-state index contributed by atoms with van der Waals surface area (Å²) in [4.78, 5) is 0. The molecule has 0 aromatic heterocycles. The Hall–Kier alpha value is -0.600. The van der Waals surface area contributed by atoms with Crippen LogP contribution in [-0.2, 0) is 6.42 Å². The van der Waals surface area contributed by atoms with Crippen molar-refractivity contribution in [1.29, 1.82) is 0 Å². The summed E-state index contributed by atoms with van der Waals surface area (Å²) in [5.74, 6) is 0.516. The number of aliphatic hydroxyl groups excluding tert-OH is 1. The van der Waals surface area contributed by atoms with E-state index in [4.69, 9.17) is 0 Å². The Labute approximate surface area is 129 Å². The van der Waals surface area contributed by atoms with Crippen molar-refractivity contribution in [3.8, 4) is 0 Å². The van der Waals surface area contributed by atoms with Crippen LogP contribution in [0.2, 0.25) is 0 Å². The van der Waals surface area contributed by atoms with Gasteiger partial charge >= 0.3 is 0 Å². The summed E-state index contributed by atoms with van der Waals surface area (Å²) in [6, 6.07) is 2.32. The van der Waals surface area contributed by atoms with Gasteiger partial charge in [0.1, 0.15) is 0 Å². The summed E-state index contributed by atoms with van der Waals surface area (Å²) in [6.45, 7) is 6.60. The maximum Gasteiger partial charge on any atom is 0.0551 e. The summed E-state index contributed by atoms with van der Waals surface area (Å²) < 4.78 is 1.19. The topological polar surface area (TPSA) is 20.2 Å². The van der Waals surface area contributed by atoms with Crippen LogP contribution >= 0.6 is 15.9 Å². The van der Waals surface area contributed by atoms with Crippen LogP contribution in [-0.4, -0.2) is 11.2 Å². The Bertz CT molecular complexity index is 661. The van der Waals surface area contributed by atoms with Gasteiger partial charge in [0.25, 0.3) is 0 Å². The van der Waals surface area contributed by atoms with Gasteiger partial charge in [-0.05, 0) is 78.5 Å². The second-order valence-electron chi connectivity index (χ2n) is 6.63. The first kappa shape index (κ1) is 14.3. The van der Waals surface area contributed by atoms with Gasteiger partial charge in [-0.3, -0.25) is 0 Å². The molecular formula is C18H23BrO. The van der Waals surface area contributed by atoms with Crippen LogP contribution in [0.1, 0.15) is 57.1 Å². The first-order valence-corrected chi connectivity index (χ1v) is 8.41. The lowest BCUT2D eigenvalue weighted by Gasteiger charge is -2.38. The standard InChI is InChI=1S/C18H23BrO/c1-4-12-13(5-2)17(19)9-15-14(12)6-7-18(3)10-11(20)8-16(15)18/h4-5,9,11,16,20H,6-8,10H2,1-3H3/b12-4+,13-5+/t11-,16+,18-/m0/s1. The zero-order chi connectivity index (χ0) is 14.5. The molecule has 1 aromatic carbocycles. The van der Waals surface area contributed by atoms with Gasteiger partial charge in [-0.2, -0.15) is 0 Å². The molecule has 0 heterocycles. The minimum absolute atomic E-state index is 0.124. The molecule has 0 bridgehead atoms. The van der Waals surface area contributed by atoms with Gasteiger partial charge in [0.2, 0.25) is 0 Å². The van der Waals surface area contributed by atoms with Crippen molar-refractivity contribution in [2.75, 3.05) is 0 Å². The van der Waals surface area contributed by atoms with Crippen LogP contribution < -0.4 is 10.4 Å². The van der Waals surface area contributed by atoms with Crippen molar-refractivity contribution >= 4 is 28.1 Å². The maximum atomic E-state index is 10.1. The van der Waals surface area contributed by atoms with Gasteiger partial charge in [-0.15, -0.1) is 0 Å². The molecule has 1 aromatic rings. The number of rotatable bonds is 0. The van der Waals surface area contributed by atoms with Gasteiger partial charge < -0.3 is 5.11 Å². The lowest BCUT2D eigenvalue weighted by molar-refractivity contribution is 0.159. The minimum atomic E-state index is -0.124. The molecule has 20 heavy (non-hydrogen) atoms. The van der Waals surface area contributed by atoms with Crippen LogP contribution in [0.5, 0.6) is 0 Å². The fourth-order valence-corrected chi connectivity index (χ4v) is 5.16. The lowest BCUT2D eigenvalue weighted by Crippen LogP contribution is -2.37. The van der Waals surface area contributed by atoms with Crippen molar-refractivity contribution < 1.29 is 5.11 Å². The van der Waals surface area contributed by atoms with Crippen molar-refractivity contribution in [3.63, 3.8) is 0 Å². The third-order valence-corrected chi connectivity index (χ3v) is 6.11. The molecule has 2 aliphatic rings. The fraction of sp³-hybridized carbons (Fsp3) is 0.556. The highest BCUT2D eigenvalue weighted by Crippen LogP contribution is 2.55. The second kappa shape index (κ2) is 4.99. The molecule has 0 amide bonds. The fourth-order valence-electron chi connectivity index (χ4n) is 4.47. The molecule has 1 nitrogen and oxygen atoms in total. The summed E-state index contributed by atoms with van der Waals surface area (Å²) in [5, 5.41) is 12.8. The van der Waals surface area contributed by atoms with E-state index in [2.05, 4.69) is 54.9 Å². The minimum Gasteiger partial charge on any atom is -0.393 e. The number of benzene rings is 1. The summed E-state index contributed by atoms with van der Waals surface area (Å²) in [5.41, 5.74) is 3.27. The Morgan fingerprint density at radius 1 is 1.30 bits per heavy atom. The Morgan fingerprint density at radius 2 is 2.00 bits per heavy atom. The molecule has 3 rings (SSSR count). The number of hydrogen-bond acceptors (Lipinski definition) is 1. The Kier molecular flexibility index (Phi) is 3.58. The van der Waals surface area contributed by atoms with Crippen LogP contribution in [0.3, 0.4) is 0 Å². The van der Waals surface area contributed by atoms with Crippen molar-refractivity contribution in [3.05, 3.63) is 32.1 Å². The number of aliphatic hydroxyl groups is 1. The van der Waals surface area contributed by atoms with E-state index in [1.54, 1.807) is 0 Å². The lowest BCUT2D eigenvalue weighted by atomic mass is 9.66. The molecule has 1 N–H and O–H groups in total.